The second kappa shape index (κ2) is 8.78. The Bertz CT molecular complexity index is 1420. The first-order valence-corrected chi connectivity index (χ1v) is 10.8. The smallest absolute Gasteiger partial charge is 0.307 e. The van der Waals surface area contributed by atoms with Gasteiger partial charge in [-0.15, -0.1) is 0 Å². The van der Waals surface area contributed by atoms with E-state index in [4.69, 9.17) is 9.84 Å². The normalized spacial score (nSPS) is 12.6. The molecule has 0 fully saturated rings. The first-order valence-electron chi connectivity index (χ1n) is 10.8. The molecule has 0 radical (unpaired) electrons. The summed E-state index contributed by atoms with van der Waals surface area (Å²) < 4.78 is 6.00. The van der Waals surface area contributed by atoms with E-state index in [2.05, 4.69) is 28.4 Å². The average Bonchev–Trinajstić information content (AvgIpc) is 2.85. The molecule has 1 aliphatic rings. The Morgan fingerprint density at radius 3 is 2.68 bits per heavy atom. The van der Waals surface area contributed by atoms with Crippen LogP contribution in [0.4, 0.5) is 11.4 Å². The van der Waals surface area contributed by atoms with Gasteiger partial charge in [-0.25, -0.2) is 0 Å². The number of ether oxygens (including phenoxy) is 1. The average molecular weight is 454 g/mol. The van der Waals surface area contributed by atoms with Gasteiger partial charge in [-0.1, -0.05) is 42.5 Å². The summed E-state index contributed by atoms with van der Waals surface area (Å²) in [7, 11) is 0. The lowest BCUT2D eigenvalue weighted by molar-refractivity contribution is -0.136. The molecule has 0 spiro atoms. The number of nitrogens with one attached hydrogen (secondary N) is 1. The summed E-state index contributed by atoms with van der Waals surface area (Å²) in [4.78, 5) is 26.0. The Kier molecular flexibility index (Phi) is 5.51. The van der Waals surface area contributed by atoms with E-state index in [1.165, 1.54) is 18.2 Å². The largest absolute Gasteiger partial charge is 0.506 e. The fraction of sp³-hybridized carbons (Fsp3) is 0.111. The lowest BCUT2D eigenvalue weighted by atomic mass is 10.0. The first-order chi connectivity index (χ1) is 16.5. The molecule has 34 heavy (non-hydrogen) atoms. The molecular formula is C27H22N2O5. The molecule has 5 rings (SSSR count). The molecule has 1 amide bonds. The van der Waals surface area contributed by atoms with Crippen LogP contribution in [0.3, 0.4) is 0 Å². The topological polar surface area (TPSA) is 99.1 Å². The van der Waals surface area contributed by atoms with Gasteiger partial charge in [-0.05, 0) is 52.7 Å². The van der Waals surface area contributed by atoms with E-state index in [0.717, 1.165) is 27.8 Å². The Labute approximate surface area is 195 Å². The molecule has 0 unspecified atom stereocenters. The molecule has 0 aliphatic carbocycles. The van der Waals surface area contributed by atoms with Crippen LogP contribution in [0.2, 0.25) is 0 Å². The number of phenols is 1. The Hall–Kier alpha value is -4.52. The number of carbonyl (C=O) groups is 2. The number of benzene rings is 4. The van der Waals surface area contributed by atoms with Crippen molar-refractivity contribution in [2.75, 3.05) is 16.9 Å². The number of carbonyl (C=O) groups excluding carboxylic acids is 1. The van der Waals surface area contributed by atoms with Gasteiger partial charge in [-0.3, -0.25) is 9.59 Å². The van der Waals surface area contributed by atoms with E-state index < -0.39 is 11.9 Å². The predicted molar refractivity (Wildman–Crippen MR) is 129 cm³/mol. The number of aliphatic carboxylic acids is 1. The third-order valence-electron chi connectivity index (χ3n) is 5.86. The number of anilines is 2. The van der Waals surface area contributed by atoms with E-state index in [0.29, 0.717) is 24.4 Å². The molecular weight excluding hydrogens is 432 g/mol. The van der Waals surface area contributed by atoms with Gasteiger partial charge >= 0.3 is 5.97 Å². The summed E-state index contributed by atoms with van der Waals surface area (Å²) in [6.07, 6.45) is -0.205. The summed E-state index contributed by atoms with van der Waals surface area (Å²) in [6, 6.07) is 23.7. The quantitative estimate of drug-likeness (QED) is 0.375. The maximum absolute atomic E-state index is 12.9. The summed E-state index contributed by atoms with van der Waals surface area (Å²) in [5.74, 6) is -0.672. The van der Waals surface area contributed by atoms with Gasteiger partial charge in [0.05, 0.1) is 18.7 Å². The predicted octanol–water partition coefficient (Wildman–Crippen LogP) is 4.78. The van der Waals surface area contributed by atoms with Crippen molar-refractivity contribution in [1.82, 2.24) is 0 Å². The van der Waals surface area contributed by atoms with E-state index >= 15 is 0 Å². The van der Waals surface area contributed by atoms with Crippen LogP contribution in [-0.2, 0) is 17.8 Å². The first kappa shape index (κ1) is 21.3. The van der Waals surface area contributed by atoms with Gasteiger partial charge in [0, 0.05) is 16.8 Å². The van der Waals surface area contributed by atoms with Crippen LogP contribution in [0.15, 0.2) is 78.9 Å². The van der Waals surface area contributed by atoms with E-state index in [1.807, 2.05) is 24.3 Å². The lowest BCUT2D eigenvalue weighted by Gasteiger charge is -2.31. The number of fused-ring (bicyclic) bond motifs is 3. The highest BCUT2D eigenvalue weighted by Gasteiger charge is 2.21. The number of hydrogen-bond acceptors (Lipinski definition) is 5. The van der Waals surface area contributed by atoms with Crippen molar-refractivity contribution in [3.8, 4) is 11.5 Å². The van der Waals surface area contributed by atoms with Crippen LogP contribution >= 0.6 is 0 Å². The standard InChI is InChI=1S/C27H22N2O5/c30-24-10-8-17(13-26(31)32)12-23(24)28-27(33)19-5-3-6-20(14-19)29-15-22-21-7-2-1-4-18(21)9-11-25(22)34-16-29/h1-12,14,30H,13,15-16H2,(H,28,33)(H,31,32). The number of carboxylic acids is 1. The maximum Gasteiger partial charge on any atom is 0.307 e. The third-order valence-corrected chi connectivity index (χ3v) is 5.86. The zero-order valence-electron chi connectivity index (χ0n) is 18.2. The Balaban J connectivity index is 1.38. The van der Waals surface area contributed by atoms with Crippen LogP contribution in [0.25, 0.3) is 10.8 Å². The second-order valence-corrected chi connectivity index (χ2v) is 8.16. The zero-order valence-corrected chi connectivity index (χ0v) is 18.2. The summed E-state index contributed by atoms with van der Waals surface area (Å²) in [6.45, 7) is 0.994. The fourth-order valence-electron chi connectivity index (χ4n) is 4.17. The van der Waals surface area contributed by atoms with Gasteiger partial charge in [0.15, 0.2) is 6.73 Å². The van der Waals surface area contributed by atoms with Crippen molar-refractivity contribution in [2.45, 2.75) is 13.0 Å². The molecule has 0 saturated heterocycles. The van der Waals surface area contributed by atoms with Crippen molar-refractivity contribution >= 4 is 34.0 Å². The van der Waals surface area contributed by atoms with Gasteiger partial charge in [0.1, 0.15) is 11.5 Å². The maximum atomic E-state index is 12.9. The number of aromatic hydroxyl groups is 1. The van der Waals surface area contributed by atoms with Crippen molar-refractivity contribution in [3.63, 3.8) is 0 Å². The van der Waals surface area contributed by atoms with Crippen molar-refractivity contribution < 1.29 is 24.5 Å². The molecule has 7 heteroatoms. The van der Waals surface area contributed by atoms with Crippen molar-refractivity contribution in [2.24, 2.45) is 0 Å². The molecule has 170 valence electrons. The van der Waals surface area contributed by atoms with E-state index in [9.17, 15) is 14.7 Å². The molecule has 7 nitrogen and oxygen atoms in total. The van der Waals surface area contributed by atoms with Crippen LogP contribution in [0.5, 0.6) is 11.5 Å². The van der Waals surface area contributed by atoms with Crippen LogP contribution in [-0.4, -0.2) is 28.8 Å². The molecule has 1 heterocycles. The molecule has 4 aromatic rings. The molecule has 0 aromatic heterocycles. The summed E-state index contributed by atoms with van der Waals surface area (Å²) in [5.41, 5.74) is 2.97. The lowest BCUT2D eigenvalue weighted by Crippen LogP contribution is -2.32. The van der Waals surface area contributed by atoms with Gasteiger partial charge in [-0.2, -0.15) is 0 Å². The number of phenolic OH excluding ortho intramolecular Hbond substituents is 1. The highest BCUT2D eigenvalue weighted by Crippen LogP contribution is 2.34. The molecule has 4 aromatic carbocycles. The number of hydrogen-bond donors (Lipinski definition) is 3. The highest BCUT2D eigenvalue weighted by atomic mass is 16.5. The Morgan fingerprint density at radius 1 is 0.971 bits per heavy atom. The van der Waals surface area contributed by atoms with E-state index in [1.54, 1.807) is 18.2 Å². The van der Waals surface area contributed by atoms with Gasteiger partial charge in [0.2, 0.25) is 0 Å². The molecule has 0 bridgehead atoms. The van der Waals surface area contributed by atoms with Crippen LogP contribution in [0, 0.1) is 0 Å². The van der Waals surface area contributed by atoms with Crippen LogP contribution < -0.4 is 15.0 Å². The minimum atomic E-state index is -0.992. The number of carboxylic acid groups (broad SMARTS) is 1. The minimum absolute atomic E-state index is 0.133. The Morgan fingerprint density at radius 2 is 1.82 bits per heavy atom. The monoisotopic (exact) mass is 454 g/mol. The fourth-order valence-corrected chi connectivity index (χ4v) is 4.17. The minimum Gasteiger partial charge on any atom is -0.506 e. The SMILES string of the molecule is O=C(O)Cc1ccc(O)c(NC(=O)c2cccc(N3COc4ccc5ccccc5c4C3)c2)c1. The number of rotatable bonds is 5. The zero-order chi connectivity index (χ0) is 23.7. The molecule has 3 N–H and O–H groups in total. The van der Waals surface area contributed by atoms with Gasteiger partial charge in [0.25, 0.3) is 5.91 Å². The number of nitrogens with zero attached hydrogens (tertiary/aromatic N) is 1. The third kappa shape index (κ3) is 4.23. The summed E-state index contributed by atoms with van der Waals surface area (Å²) >= 11 is 0. The van der Waals surface area contributed by atoms with Gasteiger partial charge < -0.3 is 25.2 Å². The van der Waals surface area contributed by atoms with E-state index in [-0.39, 0.29) is 17.9 Å². The molecule has 0 atom stereocenters. The van der Waals surface area contributed by atoms with Crippen molar-refractivity contribution in [1.29, 1.82) is 0 Å². The van der Waals surface area contributed by atoms with Crippen molar-refractivity contribution in [3.05, 3.63) is 95.6 Å². The summed E-state index contributed by atoms with van der Waals surface area (Å²) in [5, 5.41) is 24.1. The molecule has 0 saturated carbocycles. The number of amides is 1. The second-order valence-electron chi connectivity index (χ2n) is 8.16. The highest BCUT2D eigenvalue weighted by molar-refractivity contribution is 6.05. The molecule has 1 aliphatic heterocycles. The van der Waals surface area contributed by atoms with Crippen LogP contribution in [0.1, 0.15) is 21.5 Å².